The predicted molar refractivity (Wildman–Crippen MR) is 138 cm³/mol. The van der Waals surface area contributed by atoms with Crippen LogP contribution >= 0.6 is 15.9 Å². The molecule has 0 fully saturated rings. The molecule has 0 aliphatic heterocycles. The zero-order valence-electron chi connectivity index (χ0n) is 21.5. The van der Waals surface area contributed by atoms with Gasteiger partial charge in [0.15, 0.2) is 0 Å². The molecule has 196 valence electrons. The summed E-state index contributed by atoms with van der Waals surface area (Å²) in [6.07, 6.45) is 5.79. The maximum absolute atomic E-state index is 12.5. The monoisotopic (exact) mass is 555 g/mol. The molecule has 0 saturated carbocycles. The lowest BCUT2D eigenvalue weighted by Crippen LogP contribution is -2.34. The Bertz CT molecular complexity index is 894. The third-order valence-electron chi connectivity index (χ3n) is 5.40. The van der Waals surface area contributed by atoms with E-state index in [9.17, 15) is 9.90 Å². The number of carbonyl (C=O) groups is 1. The van der Waals surface area contributed by atoms with Gasteiger partial charge in [-0.3, -0.25) is 0 Å². The standard InChI is InChI=1S/C26H38BrNO7/c1-26(2,3)35-25(30)28(4)16-19-8-10-22(32-6)23(24(19)27)21-15-20(9-7-18(21)11-12-29)34-17-33-14-13-31-5/h7-11,20-21,29H,12-17H2,1-6H3/b18-11+. The van der Waals surface area contributed by atoms with E-state index in [1.165, 1.54) is 4.90 Å². The third-order valence-corrected chi connectivity index (χ3v) is 6.34. The summed E-state index contributed by atoms with van der Waals surface area (Å²) in [5.74, 6) is 0.604. The minimum atomic E-state index is -0.575. The molecule has 0 saturated heterocycles. The second-order valence-electron chi connectivity index (χ2n) is 9.25. The maximum atomic E-state index is 12.5. The van der Waals surface area contributed by atoms with Crippen molar-refractivity contribution in [3.05, 3.63) is 51.5 Å². The molecule has 8 nitrogen and oxygen atoms in total. The maximum Gasteiger partial charge on any atom is 0.410 e. The Balaban J connectivity index is 2.30. The first kappa shape index (κ1) is 29.3. The number of carbonyl (C=O) groups excluding carboxylic acids is 1. The number of amides is 1. The Kier molecular flexibility index (Phi) is 11.7. The molecule has 1 N–H and O–H groups in total. The van der Waals surface area contributed by atoms with E-state index >= 15 is 0 Å². The molecule has 9 heteroatoms. The minimum Gasteiger partial charge on any atom is -0.496 e. The van der Waals surface area contributed by atoms with Crippen LogP contribution in [0.5, 0.6) is 5.75 Å². The number of benzene rings is 1. The smallest absolute Gasteiger partial charge is 0.410 e. The molecule has 0 spiro atoms. The Morgan fingerprint density at radius 1 is 1.26 bits per heavy atom. The normalized spacial score (nSPS) is 19.1. The van der Waals surface area contributed by atoms with Gasteiger partial charge in [0.1, 0.15) is 18.1 Å². The molecule has 0 bridgehead atoms. The van der Waals surface area contributed by atoms with E-state index in [2.05, 4.69) is 15.9 Å². The van der Waals surface area contributed by atoms with Crippen molar-refractivity contribution in [1.82, 2.24) is 4.90 Å². The van der Waals surface area contributed by atoms with Crippen molar-refractivity contribution in [2.24, 2.45) is 0 Å². The van der Waals surface area contributed by atoms with Gasteiger partial charge in [-0.2, -0.15) is 0 Å². The van der Waals surface area contributed by atoms with E-state index < -0.39 is 11.7 Å². The number of aliphatic hydroxyl groups is 1. The molecular formula is C26H38BrNO7. The molecule has 2 atom stereocenters. The fraction of sp³-hybridized carbons (Fsp3) is 0.577. The van der Waals surface area contributed by atoms with Crippen molar-refractivity contribution in [3.63, 3.8) is 0 Å². The molecular weight excluding hydrogens is 518 g/mol. The second-order valence-corrected chi connectivity index (χ2v) is 10.0. The Morgan fingerprint density at radius 3 is 2.63 bits per heavy atom. The number of rotatable bonds is 11. The van der Waals surface area contributed by atoms with Gasteiger partial charge in [-0.05, 0) is 60.3 Å². The van der Waals surface area contributed by atoms with Crippen LogP contribution in [0.15, 0.2) is 40.4 Å². The SMILES string of the molecule is COCCOCOC1C=C/C(=C\CO)C(c2c(OC)ccc(CN(C)C(=O)OC(C)(C)C)c2Br)C1. The fourth-order valence-electron chi connectivity index (χ4n) is 3.75. The van der Waals surface area contributed by atoms with E-state index in [1.807, 2.05) is 45.1 Å². The van der Waals surface area contributed by atoms with Crippen molar-refractivity contribution in [1.29, 1.82) is 0 Å². The summed E-state index contributed by atoms with van der Waals surface area (Å²) in [5.41, 5.74) is 2.23. The summed E-state index contributed by atoms with van der Waals surface area (Å²) < 4.78 is 28.4. The van der Waals surface area contributed by atoms with Crippen LogP contribution in [0.25, 0.3) is 0 Å². The molecule has 35 heavy (non-hydrogen) atoms. The highest BCUT2D eigenvalue weighted by molar-refractivity contribution is 9.10. The predicted octanol–water partition coefficient (Wildman–Crippen LogP) is 4.79. The van der Waals surface area contributed by atoms with Gasteiger partial charge in [0.2, 0.25) is 0 Å². The molecule has 2 rings (SSSR count). The van der Waals surface area contributed by atoms with Crippen molar-refractivity contribution >= 4 is 22.0 Å². The average molecular weight is 556 g/mol. The molecule has 1 amide bonds. The summed E-state index contributed by atoms with van der Waals surface area (Å²) in [6, 6.07) is 3.83. The summed E-state index contributed by atoms with van der Waals surface area (Å²) in [4.78, 5) is 14.0. The minimum absolute atomic E-state index is 0.0805. The number of methoxy groups -OCH3 is 2. The van der Waals surface area contributed by atoms with Gasteiger partial charge < -0.3 is 33.7 Å². The van der Waals surface area contributed by atoms with Gasteiger partial charge in [0, 0.05) is 36.7 Å². The first-order valence-corrected chi connectivity index (χ1v) is 12.4. The number of hydrogen-bond acceptors (Lipinski definition) is 7. The molecule has 0 aromatic heterocycles. The summed E-state index contributed by atoms with van der Waals surface area (Å²) in [5, 5.41) is 9.62. The van der Waals surface area contributed by atoms with E-state index in [1.54, 1.807) is 27.3 Å². The first-order chi connectivity index (χ1) is 16.6. The van der Waals surface area contributed by atoms with E-state index in [4.69, 9.17) is 23.7 Å². The molecule has 1 aliphatic rings. The van der Waals surface area contributed by atoms with Crippen molar-refractivity contribution in [3.8, 4) is 5.75 Å². The largest absolute Gasteiger partial charge is 0.496 e. The quantitative estimate of drug-likeness (QED) is 0.310. The zero-order valence-corrected chi connectivity index (χ0v) is 23.1. The van der Waals surface area contributed by atoms with Gasteiger partial charge in [-0.25, -0.2) is 4.79 Å². The molecule has 1 aromatic rings. The fourth-order valence-corrected chi connectivity index (χ4v) is 4.48. The van der Waals surface area contributed by atoms with Gasteiger partial charge in [0.05, 0.1) is 33.0 Å². The van der Waals surface area contributed by atoms with Crippen molar-refractivity contribution in [2.45, 2.75) is 51.4 Å². The van der Waals surface area contributed by atoms with Crippen LogP contribution in [0.3, 0.4) is 0 Å². The van der Waals surface area contributed by atoms with Crippen LogP contribution in [0.2, 0.25) is 0 Å². The molecule has 2 unspecified atom stereocenters. The Labute approximate surface area is 216 Å². The molecule has 0 radical (unpaired) electrons. The van der Waals surface area contributed by atoms with Gasteiger partial charge in [0.25, 0.3) is 0 Å². The molecule has 1 aromatic carbocycles. The van der Waals surface area contributed by atoms with Crippen LogP contribution in [0.1, 0.15) is 44.2 Å². The summed E-state index contributed by atoms with van der Waals surface area (Å²) in [7, 11) is 4.96. The lowest BCUT2D eigenvalue weighted by atomic mass is 9.81. The number of aliphatic hydroxyl groups excluding tert-OH is 1. The number of halogens is 1. The Hall–Kier alpha value is -1.91. The highest BCUT2D eigenvalue weighted by atomic mass is 79.9. The number of nitrogens with zero attached hydrogens (tertiary/aromatic N) is 1. The van der Waals surface area contributed by atoms with Crippen LogP contribution in [-0.2, 0) is 25.5 Å². The average Bonchev–Trinajstić information content (AvgIpc) is 2.80. The lowest BCUT2D eigenvalue weighted by Gasteiger charge is -2.30. The van der Waals surface area contributed by atoms with E-state index in [0.717, 1.165) is 21.2 Å². The zero-order chi connectivity index (χ0) is 26.0. The van der Waals surface area contributed by atoms with E-state index in [0.29, 0.717) is 31.9 Å². The summed E-state index contributed by atoms with van der Waals surface area (Å²) in [6.45, 7) is 6.91. The lowest BCUT2D eigenvalue weighted by molar-refractivity contribution is -0.0876. The Morgan fingerprint density at radius 2 is 2.00 bits per heavy atom. The van der Waals surface area contributed by atoms with Gasteiger partial charge in [-0.15, -0.1) is 0 Å². The number of ether oxygens (including phenoxy) is 5. The van der Waals surface area contributed by atoms with Crippen LogP contribution < -0.4 is 4.74 Å². The van der Waals surface area contributed by atoms with Crippen LogP contribution in [0, 0.1) is 0 Å². The van der Waals surface area contributed by atoms with Gasteiger partial charge >= 0.3 is 6.09 Å². The van der Waals surface area contributed by atoms with Crippen molar-refractivity contribution < 1.29 is 33.6 Å². The highest BCUT2D eigenvalue weighted by Gasteiger charge is 2.30. The second kappa shape index (κ2) is 14.0. The molecule has 1 aliphatic carbocycles. The third kappa shape index (κ3) is 8.91. The van der Waals surface area contributed by atoms with E-state index in [-0.39, 0.29) is 25.4 Å². The number of allylic oxidation sites excluding steroid dienone is 2. The van der Waals surface area contributed by atoms with Gasteiger partial charge in [-0.1, -0.05) is 24.3 Å². The number of hydrogen-bond donors (Lipinski definition) is 1. The van der Waals surface area contributed by atoms with Crippen LogP contribution in [-0.4, -0.2) is 75.7 Å². The van der Waals surface area contributed by atoms with Crippen molar-refractivity contribution in [2.75, 3.05) is 47.9 Å². The molecule has 0 heterocycles. The summed E-state index contributed by atoms with van der Waals surface area (Å²) >= 11 is 3.78. The topological polar surface area (TPSA) is 86.7 Å². The highest BCUT2D eigenvalue weighted by Crippen LogP contribution is 2.44. The van der Waals surface area contributed by atoms with Crippen LogP contribution in [0.4, 0.5) is 4.79 Å². The first-order valence-electron chi connectivity index (χ1n) is 11.6.